The zero-order valence-electron chi connectivity index (χ0n) is 70.7. The Balaban J connectivity index is -0.00000118. The molecule has 17 aliphatic rings. The summed E-state index contributed by atoms with van der Waals surface area (Å²) in [4.78, 5) is 65.1. The molecular formula is C78H133B2NNa3O20S2Y-. The van der Waals surface area contributed by atoms with Gasteiger partial charge in [0.2, 0.25) is 10.0 Å². The molecule has 0 aromatic rings. The van der Waals surface area contributed by atoms with Crippen molar-refractivity contribution in [1.82, 2.24) is 4.31 Å². The fourth-order valence-electron chi connectivity index (χ4n) is 23.1. The van der Waals surface area contributed by atoms with Gasteiger partial charge in [-0.15, -0.1) is 0 Å². The quantitative estimate of drug-likeness (QED) is 0.0267. The third kappa shape index (κ3) is 21.7. The van der Waals surface area contributed by atoms with Crippen molar-refractivity contribution in [2.24, 2.45) is 123 Å². The molecule has 29 heteroatoms. The molecule has 0 amide bonds. The normalized spacial score (nSPS) is 44.8. The maximum Gasteiger partial charge on any atom is 1.00 e. The van der Waals surface area contributed by atoms with Crippen LogP contribution in [0.1, 0.15) is 218 Å². The number of nitrogens with zero attached hydrogens (tertiary/aromatic N) is 1. The largest absolute Gasteiger partial charge is 1.00 e. The van der Waals surface area contributed by atoms with Crippen molar-refractivity contribution in [3.05, 3.63) is 19.6 Å². The Labute approximate surface area is 748 Å². The predicted octanol–water partition coefficient (Wildman–Crippen LogP) is 0.496. The van der Waals surface area contributed by atoms with Gasteiger partial charge in [-0.25, -0.2) is 13.2 Å². The first-order valence-corrected chi connectivity index (χ1v) is 40.2. The van der Waals surface area contributed by atoms with Crippen LogP contribution in [0.3, 0.4) is 0 Å². The van der Waals surface area contributed by atoms with Crippen molar-refractivity contribution in [2.75, 3.05) is 25.1 Å². The maximum atomic E-state index is 12.0. The van der Waals surface area contributed by atoms with Gasteiger partial charge >= 0.3 is 119 Å². The Kier molecular flexibility index (Phi) is 43.4. The van der Waals surface area contributed by atoms with Gasteiger partial charge in [0.25, 0.3) is 0 Å². The molecule has 9 aliphatic carbocycles. The number of carbonyl (C=O) groups excluding carboxylic acids is 6. The first-order chi connectivity index (χ1) is 47.3. The molecule has 7 radical (unpaired) electrons. The zero-order valence-corrected chi connectivity index (χ0v) is 77.3. The van der Waals surface area contributed by atoms with Crippen LogP contribution >= 0.6 is 12.6 Å². The molecular weight excluding hydrogens is 1510 g/mol. The van der Waals surface area contributed by atoms with Crippen molar-refractivity contribution >= 4 is 75.6 Å². The number of carbonyl (C=O) groups is 6. The van der Waals surface area contributed by atoms with Crippen LogP contribution in [0.5, 0.6) is 0 Å². The average molecular weight is 1650 g/mol. The minimum absolute atomic E-state index is 0. The Morgan fingerprint density at radius 1 is 0.617 bits per heavy atom. The number of hydrogen-bond acceptors (Lipinski definition) is 21. The number of ether oxygens (including phenoxy) is 6. The van der Waals surface area contributed by atoms with E-state index in [-0.39, 0.29) is 283 Å². The van der Waals surface area contributed by atoms with E-state index in [1.165, 1.54) is 19.3 Å². The van der Waals surface area contributed by atoms with Crippen molar-refractivity contribution in [3.8, 4) is 0 Å². The molecule has 2 bridgehead atoms. The number of aliphatic hydroxyl groups excluding tert-OH is 6. The van der Waals surface area contributed by atoms with E-state index in [1.807, 2.05) is 0 Å². The van der Waals surface area contributed by atoms with E-state index in [1.54, 1.807) is 4.31 Å². The maximum absolute atomic E-state index is 12.0. The molecule has 0 aromatic carbocycles. The molecule has 0 aromatic heterocycles. The summed E-state index contributed by atoms with van der Waals surface area (Å²) in [6.45, 7) is 27.2. The average Bonchev–Trinajstić information content (AvgIpc) is 1.45. The number of sulfonamides is 1. The molecule has 595 valence electrons. The molecule has 107 heavy (non-hydrogen) atoms. The second-order valence-electron chi connectivity index (χ2n) is 33.3. The van der Waals surface area contributed by atoms with Crippen LogP contribution in [0, 0.1) is 131 Å². The summed E-state index contributed by atoms with van der Waals surface area (Å²) in [6.07, 6.45) is 20.2. The first kappa shape index (κ1) is 104. The Bertz CT molecular complexity index is 2930. The van der Waals surface area contributed by atoms with Gasteiger partial charge < -0.3 is 75.6 Å². The molecule has 8 saturated heterocycles. The van der Waals surface area contributed by atoms with Gasteiger partial charge in [0, 0.05) is 130 Å². The van der Waals surface area contributed by atoms with E-state index in [9.17, 15) is 62.7 Å². The fourth-order valence-corrected chi connectivity index (χ4v) is 25.8. The molecule has 33 atom stereocenters. The van der Waals surface area contributed by atoms with Crippen LogP contribution in [0.4, 0.5) is 0 Å². The van der Waals surface area contributed by atoms with E-state index in [0.29, 0.717) is 91.1 Å². The van der Waals surface area contributed by atoms with Crippen molar-refractivity contribution < 1.29 is 223 Å². The second kappa shape index (κ2) is 44.7. The molecule has 8 aliphatic heterocycles. The van der Waals surface area contributed by atoms with Crippen molar-refractivity contribution in [2.45, 2.75) is 285 Å². The van der Waals surface area contributed by atoms with Crippen LogP contribution in [0.25, 0.3) is 0 Å². The van der Waals surface area contributed by atoms with Gasteiger partial charge in [0.1, 0.15) is 42.9 Å². The van der Waals surface area contributed by atoms with E-state index in [4.69, 9.17) is 34.9 Å². The van der Waals surface area contributed by atoms with Crippen LogP contribution in [0.2, 0.25) is 0 Å². The Morgan fingerprint density at radius 3 is 1.49 bits per heavy atom. The zero-order chi connectivity index (χ0) is 73.4. The van der Waals surface area contributed by atoms with Crippen molar-refractivity contribution in [1.29, 1.82) is 0 Å². The number of fused-ring (bicyclic) bond motifs is 7. The molecule has 6 N–H and O–H groups in total. The third-order valence-electron chi connectivity index (χ3n) is 28.3. The summed E-state index contributed by atoms with van der Waals surface area (Å²) < 4.78 is 62.8. The molecule has 16 fully saturated rings. The van der Waals surface area contributed by atoms with Gasteiger partial charge in [-0.1, -0.05) is 135 Å². The van der Waals surface area contributed by atoms with Crippen molar-refractivity contribution in [3.63, 3.8) is 0 Å². The predicted molar refractivity (Wildman–Crippen MR) is 400 cm³/mol. The van der Waals surface area contributed by atoms with Gasteiger partial charge in [0.15, 0.2) is 12.4 Å². The van der Waals surface area contributed by atoms with Crippen LogP contribution in [-0.2, 0) is 99.9 Å². The molecule has 8 saturated carbocycles. The summed E-state index contributed by atoms with van der Waals surface area (Å²) in [5.41, 5.74) is 0.424. The van der Waals surface area contributed by atoms with E-state index in [2.05, 4.69) is 108 Å². The Hall–Kier alpha value is 0.974. The van der Waals surface area contributed by atoms with Gasteiger partial charge in [-0.2, -0.15) is 16.9 Å². The minimum Gasteiger partial charge on any atom is -1.00 e. The standard InChI is InChI=1S/C11H17NO2S.C10H18O3.C10H16O3.2C10H16O2.C9H16O2.C8H12O4.C7H8O2.CH4S.CH4.CH3.2B.3Na.Y.3H/c1-9(2)8-3-4-10(9)7-15(13,14)12-6-11(10,12)5-8;2*1-3-6-5(2)4-7-8(6)9(11)10(12)13-7;2*1-3-7-6(2)4-9-8(7)5-10(11)12-9;1-3-7-6(2)4-9(11)8(7)5-10;9-3-5-4-1-8(11)12-7(4)2-6(5)10;8-7-4-5-2-1-3-6(5)9-7;1-2;;;;;;;;;;;/h8H,3-7H2,1-2H3;5-12H,3-4H2,1-2H3;5-9,11H,3-4H2,1-2H3;2*6-9H,3-5H2,1-2H3;5-9,11H,3-4H2,1-2H3;4-7,9-10H,1-3H2;1-2,5-6H,3-4H2;2H,1H3;1H4;1H3;;;;;;;;;/q;;;;;;;;;;-1;;;3*+1;;3*-1/t8?,10-,11-,12?;5-,6+,7+,8-,9?,10?;5-,6+,7+,8-,9?;2*6-,7+,8-,9+;6-,7+,8?,9+;4-,5-,6-,7+;5-,6-;;;;;;;;;;;;/m00000001............/s1/i;;;;;;;;1D;;;;;;;;;;;. The molecule has 21 nitrogen and oxygen atoms in total. The van der Waals surface area contributed by atoms with Crippen LogP contribution in [0.15, 0.2) is 12.2 Å². The Morgan fingerprint density at radius 2 is 1.05 bits per heavy atom. The summed E-state index contributed by atoms with van der Waals surface area (Å²) >= 11 is 3.46. The second-order valence-corrected chi connectivity index (χ2v) is 35.2. The number of thiol groups is 1. The summed E-state index contributed by atoms with van der Waals surface area (Å²) in [7, 11) is -2.90. The molecule has 8 heterocycles. The molecule has 17 rings (SSSR count). The first-order valence-electron chi connectivity index (χ1n) is 38.7. The van der Waals surface area contributed by atoms with Crippen LogP contribution < -0.4 is 88.7 Å². The molecule has 2 spiro atoms. The van der Waals surface area contributed by atoms with Gasteiger partial charge in [-0.05, 0) is 128 Å². The fraction of sp³-hybridized carbons (Fsp3) is 0.885. The number of hydrogen-bond donors (Lipinski definition) is 7. The van der Waals surface area contributed by atoms with Gasteiger partial charge in [0.05, 0.1) is 55.3 Å². The smallest absolute Gasteiger partial charge is 1.00 e. The summed E-state index contributed by atoms with van der Waals surface area (Å²) in [5, 5.41) is 56.5. The topological polar surface area (TPSA) is 316 Å². The summed E-state index contributed by atoms with van der Waals surface area (Å²) in [6, 6.07) is 0. The van der Waals surface area contributed by atoms with E-state index < -0.39 is 40.6 Å². The monoisotopic (exact) mass is 1650 g/mol. The number of rotatable bonds is 7. The van der Waals surface area contributed by atoms with E-state index >= 15 is 0 Å². The van der Waals surface area contributed by atoms with Gasteiger partial charge in [-0.3, -0.25) is 19.2 Å². The number of aliphatic hydroxyl groups is 6. The molecule has 6 unspecified atom stereocenters. The number of aldehydes is 1. The van der Waals surface area contributed by atoms with E-state index in [0.717, 1.165) is 113 Å². The SMILES string of the molecule is C.CC1(C)C2CC[C@]13CS(=O)(=O)N1C[C@]13C2.CC[C@H]1C(C=O)[C@H](O)C[C@@H]1C.CC[C@H]1[C@@H]2C(O)C(=O)O[C@@H]2C[C@@H]1C.CC[C@H]1[C@@H]2C(O)C(O)O[C@@H]2C[C@@H]1C.CC[C@H]1[C@@H]2CC(=O)O[C@@H]2C[C@@H]1C.CC[C@H]1[C@@H]2CC(=O)O[C@@H]2C[C@@H]1C.O=C1C[C@H]2C=CC[C@H]2O1.O=C1C[C@H]2[C@H](CO)[C@@H](O)C[C@H]2O1.[2H]CS.[B].[B].[CH3-].[H-].[H-].[H-].[Na+].[Na+].[Na+].[Y]. The minimum atomic E-state index is -2.90. The third-order valence-corrected chi connectivity index (χ3v) is 30.3. The number of esters is 5. The summed E-state index contributed by atoms with van der Waals surface area (Å²) in [5.74, 6) is 8.07. The van der Waals surface area contributed by atoms with Crippen LogP contribution in [-0.4, -0.2) is 194 Å².